The van der Waals surface area contributed by atoms with E-state index in [4.69, 9.17) is 28.0 Å². The molecule has 2 N–H and O–H groups in total. The van der Waals surface area contributed by atoms with Gasteiger partial charge in [0.15, 0.2) is 0 Å². The summed E-state index contributed by atoms with van der Waals surface area (Å²) in [4.78, 5) is 34.6. The standard InChI is InChI=1S/C29H22Cl2N2O4/c30-19-14-15-22(23(31)16-19)27-26(28(35)32-37-17-18-8-2-1-3-9-18)20-10-4-5-11-21(20)29(36)33(27)24-12-6-7-13-25(24)34/h1-16,26-27,34H,17H2,(H,32,35)/t26-,27+/m1/s1. The molecule has 0 aromatic heterocycles. The molecular weight excluding hydrogens is 511 g/mol. The third-order valence-corrected chi connectivity index (χ3v) is 6.86. The van der Waals surface area contributed by atoms with Gasteiger partial charge in [0, 0.05) is 15.6 Å². The lowest BCUT2D eigenvalue weighted by Crippen LogP contribution is -2.47. The Balaban J connectivity index is 1.62. The molecule has 186 valence electrons. The smallest absolute Gasteiger partial charge is 0.259 e. The molecule has 6 nitrogen and oxygen atoms in total. The van der Waals surface area contributed by atoms with Crippen molar-refractivity contribution in [2.75, 3.05) is 4.90 Å². The first kappa shape index (κ1) is 24.8. The average molecular weight is 533 g/mol. The van der Waals surface area contributed by atoms with Gasteiger partial charge in [0.2, 0.25) is 0 Å². The van der Waals surface area contributed by atoms with Gasteiger partial charge in [-0.3, -0.25) is 19.3 Å². The van der Waals surface area contributed by atoms with E-state index in [-0.39, 0.29) is 29.0 Å². The summed E-state index contributed by atoms with van der Waals surface area (Å²) in [6.07, 6.45) is 0. The van der Waals surface area contributed by atoms with Gasteiger partial charge in [-0.2, -0.15) is 0 Å². The predicted molar refractivity (Wildman–Crippen MR) is 143 cm³/mol. The number of hydroxylamine groups is 1. The van der Waals surface area contributed by atoms with Crippen molar-refractivity contribution in [2.45, 2.75) is 18.6 Å². The number of phenolic OH excluding ortho intramolecular Hbond substituents is 1. The van der Waals surface area contributed by atoms with E-state index in [1.807, 2.05) is 30.3 Å². The van der Waals surface area contributed by atoms with Crippen molar-refractivity contribution in [3.8, 4) is 5.75 Å². The number of nitrogens with one attached hydrogen (secondary N) is 1. The van der Waals surface area contributed by atoms with Crippen LogP contribution in [0.1, 0.15) is 39.0 Å². The zero-order valence-electron chi connectivity index (χ0n) is 19.5. The number of carbonyl (C=O) groups excluding carboxylic acids is 2. The molecule has 2 amide bonds. The summed E-state index contributed by atoms with van der Waals surface area (Å²) >= 11 is 12.8. The fraction of sp³-hybridized carbons (Fsp3) is 0.103. The lowest BCUT2D eigenvalue weighted by Gasteiger charge is -2.42. The van der Waals surface area contributed by atoms with E-state index in [0.29, 0.717) is 21.7 Å². The number of benzene rings is 4. The highest BCUT2D eigenvalue weighted by molar-refractivity contribution is 6.35. The normalized spacial score (nSPS) is 16.8. The molecule has 0 bridgehead atoms. The van der Waals surface area contributed by atoms with Gasteiger partial charge in [-0.25, -0.2) is 5.48 Å². The Hall–Kier alpha value is -3.84. The first-order valence-corrected chi connectivity index (χ1v) is 12.3. The van der Waals surface area contributed by atoms with E-state index >= 15 is 0 Å². The highest BCUT2D eigenvalue weighted by atomic mass is 35.5. The monoisotopic (exact) mass is 532 g/mol. The van der Waals surface area contributed by atoms with Crippen LogP contribution in [0, 0.1) is 0 Å². The maximum atomic E-state index is 13.9. The van der Waals surface area contributed by atoms with Crippen LogP contribution in [0.4, 0.5) is 5.69 Å². The van der Waals surface area contributed by atoms with E-state index in [9.17, 15) is 14.7 Å². The summed E-state index contributed by atoms with van der Waals surface area (Å²) in [6.45, 7) is 0.162. The van der Waals surface area contributed by atoms with Gasteiger partial charge in [-0.1, -0.05) is 89.9 Å². The number of fused-ring (bicyclic) bond motifs is 1. The molecular formula is C29H22Cl2N2O4. The fourth-order valence-corrected chi connectivity index (χ4v) is 5.16. The van der Waals surface area contributed by atoms with E-state index in [0.717, 1.165) is 5.56 Å². The largest absolute Gasteiger partial charge is 0.506 e. The van der Waals surface area contributed by atoms with Crippen molar-refractivity contribution in [1.29, 1.82) is 0 Å². The SMILES string of the molecule is O=C(NOCc1ccccc1)[C@@H]1c2ccccc2C(=O)N(c2ccccc2O)[C@H]1c1ccc(Cl)cc1Cl. The maximum absolute atomic E-state index is 13.9. The molecule has 2 atom stereocenters. The molecule has 5 rings (SSSR count). The number of rotatable bonds is 6. The van der Waals surface area contributed by atoms with Crippen LogP contribution in [0.2, 0.25) is 10.0 Å². The molecule has 0 saturated heterocycles. The number of hydrogen-bond donors (Lipinski definition) is 2. The molecule has 4 aromatic carbocycles. The summed E-state index contributed by atoms with van der Waals surface area (Å²) in [6, 6.07) is 26.8. The fourth-order valence-electron chi connectivity index (χ4n) is 4.64. The minimum absolute atomic E-state index is 0.107. The summed E-state index contributed by atoms with van der Waals surface area (Å²) in [7, 11) is 0. The van der Waals surface area contributed by atoms with Crippen molar-refractivity contribution < 1.29 is 19.5 Å². The van der Waals surface area contributed by atoms with Crippen LogP contribution in [0.5, 0.6) is 5.75 Å². The average Bonchev–Trinajstić information content (AvgIpc) is 2.90. The Kier molecular flexibility index (Phi) is 7.15. The van der Waals surface area contributed by atoms with Crippen LogP contribution >= 0.6 is 23.2 Å². The number of para-hydroxylation sites is 2. The molecule has 8 heteroatoms. The summed E-state index contributed by atoms with van der Waals surface area (Å²) in [5.74, 6) is -1.86. The molecule has 0 unspecified atom stereocenters. The predicted octanol–water partition coefficient (Wildman–Crippen LogP) is 6.43. The highest BCUT2D eigenvalue weighted by Gasteiger charge is 2.46. The lowest BCUT2D eigenvalue weighted by atomic mass is 9.79. The number of phenols is 1. The van der Waals surface area contributed by atoms with Gasteiger partial charge < -0.3 is 5.11 Å². The second-order valence-electron chi connectivity index (χ2n) is 8.58. The molecule has 0 saturated carbocycles. The lowest BCUT2D eigenvalue weighted by molar-refractivity contribution is -0.136. The Labute approximate surface area is 224 Å². The van der Waals surface area contributed by atoms with Crippen LogP contribution < -0.4 is 10.4 Å². The molecule has 0 radical (unpaired) electrons. The maximum Gasteiger partial charge on any atom is 0.259 e. The van der Waals surface area contributed by atoms with Gasteiger partial charge in [0.05, 0.1) is 24.3 Å². The van der Waals surface area contributed by atoms with Crippen molar-refractivity contribution in [1.82, 2.24) is 5.48 Å². The van der Waals surface area contributed by atoms with Gasteiger partial charge in [-0.05, 0) is 47.0 Å². The number of carbonyl (C=O) groups is 2. The quantitative estimate of drug-likeness (QED) is 0.280. The van der Waals surface area contributed by atoms with Crippen LogP contribution in [0.3, 0.4) is 0 Å². The number of halogens is 2. The van der Waals surface area contributed by atoms with Crippen LogP contribution in [-0.2, 0) is 16.2 Å². The molecule has 0 aliphatic carbocycles. The van der Waals surface area contributed by atoms with E-state index in [1.165, 1.54) is 11.0 Å². The number of nitrogens with zero attached hydrogens (tertiary/aromatic N) is 1. The van der Waals surface area contributed by atoms with Crippen LogP contribution in [0.15, 0.2) is 97.1 Å². The van der Waals surface area contributed by atoms with Gasteiger partial charge >= 0.3 is 0 Å². The third-order valence-electron chi connectivity index (χ3n) is 6.30. The summed E-state index contributed by atoms with van der Waals surface area (Å²) in [5.41, 5.74) is 5.07. The molecule has 37 heavy (non-hydrogen) atoms. The zero-order valence-corrected chi connectivity index (χ0v) is 21.0. The van der Waals surface area contributed by atoms with Crippen LogP contribution in [-0.4, -0.2) is 16.9 Å². The summed E-state index contributed by atoms with van der Waals surface area (Å²) in [5, 5.41) is 11.4. The van der Waals surface area contributed by atoms with Gasteiger partial charge in [0.1, 0.15) is 5.75 Å². The van der Waals surface area contributed by atoms with E-state index < -0.39 is 17.9 Å². The van der Waals surface area contributed by atoms with Crippen molar-refractivity contribution in [3.63, 3.8) is 0 Å². The second-order valence-corrected chi connectivity index (χ2v) is 9.42. The first-order valence-electron chi connectivity index (χ1n) is 11.6. The third kappa shape index (κ3) is 4.91. The topological polar surface area (TPSA) is 78.9 Å². The Morgan fingerprint density at radius 3 is 2.35 bits per heavy atom. The van der Waals surface area contributed by atoms with Crippen LogP contribution in [0.25, 0.3) is 0 Å². The molecule has 1 aliphatic rings. The molecule has 0 fully saturated rings. The number of aromatic hydroxyl groups is 1. The number of anilines is 1. The Bertz CT molecular complexity index is 1460. The second kappa shape index (κ2) is 10.6. The number of amides is 2. The highest BCUT2D eigenvalue weighted by Crippen LogP contribution is 2.48. The minimum atomic E-state index is -0.914. The van der Waals surface area contributed by atoms with E-state index in [1.54, 1.807) is 60.7 Å². The van der Waals surface area contributed by atoms with Crippen molar-refractivity contribution in [3.05, 3.63) is 129 Å². The Morgan fingerprint density at radius 1 is 0.892 bits per heavy atom. The van der Waals surface area contributed by atoms with E-state index in [2.05, 4.69) is 5.48 Å². The number of hydrogen-bond acceptors (Lipinski definition) is 4. The molecule has 1 aliphatic heterocycles. The molecule has 4 aromatic rings. The molecule has 1 heterocycles. The Morgan fingerprint density at radius 2 is 1.59 bits per heavy atom. The zero-order chi connectivity index (χ0) is 25.9. The van der Waals surface area contributed by atoms with Gasteiger partial charge in [-0.15, -0.1) is 0 Å². The molecule has 0 spiro atoms. The first-order chi connectivity index (χ1) is 18.0. The minimum Gasteiger partial charge on any atom is -0.506 e. The van der Waals surface area contributed by atoms with Crippen molar-refractivity contribution in [2.24, 2.45) is 0 Å². The summed E-state index contributed by atoms with van der Waals surface area (Å²) < 4.78 is 0. The van der Waals surface area contributed by atoms with Crippen molar-refractivity contribution >= 4 is 40.7 Å². The van der Waals surface area contributed by atoms with Gasteiger partial charge in [0.25, 0.3) is 11.8 Å².